The molecular weight excluding hydrogens is 133 g/mol. The van der Waals surface area contributed by atoms with Crippen LogP contribution in [0.4, 0.5) is 4.39 Å². The highest BCUT2D eigenvalue weighted by Crippen LogP contribution is 2.12. The zero-order valence-corrected chi connectivity index (χ0v) is 6.35. The normalized spacial score (nSPS) is 11.0. The number of ether oxygens (including phenoxy) is 1. The third-order valence-electron chi connectivity index (χ3n) is 1.01. The minimum absolute atomic E-state index is 0.0517. The number of halogens is 1. The fourth-order valence-electron chi connectivity index (χ4n) is 0.433. The summed E-state index contributed by atoms with van der Waals surface area (Å²) in [7, 11) is 0. The Labute approximate surface area is 60.6 Å². The van der Waals surface area contributed by atoms with Gasteiger partial charge in [-0.3, -0.25) is 0 Å². The second-order valence-electron chi connectivity index (χ2n) is 2.68. The number of hydrogen-bond donors (Lipinski definition) is 0. The quantitative estimate of drug-likeness (QED) is 0.563. The van der Waals surface area contributed by atoms with Gasteiger partial charge in [-0.25, -0.2) is 4.39 Å². The summed E-state index contributed by atoms with van der Waals surface area (Å²) in [5, 5.41) is 8.03. The molecule has 2 nitrogen and oxygen atoms in total. The Morgan fingerprint density at radius 2 is 2.20 bits per heavy atom. The van der Waals surface area contributed by atoms with Crippen LogP contribution in [0.5, 0.6) is 0 Å². The summed E-state index contributed by atoms with van der Waals surface area (Å²) in [4.78, 5) is 0. The Hall–Kier alpha value is -0.620. The average molecular weight is 145 g/mol. The third kappa shape index (κ3) is 7.38. The molecule has 3 heteroatoms. The molecule has 0 aliphatic carbocycles. The predicted octanol–water partition coefficient (Wildman–Crippen LogP) is 1.66. The zero-order valence-electron chi connectivity index (χ0n) is 6.35. The van der Waals surface area contributed by atoms with Crippen molar-refractivity contribution in [1.82, 2.24) is 0 Å². The molecule has 0 unspecified atom stereocenters. The Bertz CT molecular complexity index is 123. The molecule has 0 heterocycles. The van der Waals surface area contributed by atoms with Crippen molar-refractivity contribution in [2.75, 3.05) is 13.2 Å². The van der Waals surface area contributed by atoms with Gasteiger partial charge in [0.1, 0.15) is 12.3 Å². The summed E-state index contributed by atoms with van der Waals surface area (Å²) in [5.41, 5.74) is -1.19. The first-order valence-corrected chi connectivity index (χ1v) is 3.20. The highest BCUT2D eigenvalue weighted by atomic mass is 19.1. The van der Waals surface area contributed by atoms with E-state index < -0.39 is 5.67 Å². The molecule has 0 aliphatic rings. The molecule has 0 aliphatic heterocycles. The first-order valence-electron chi connectivity index (χ1n) is 3.20. The van der Waals surface area contributed by atoms with Crippen molar-refractivity contribution in [1.29, 1.82) is 5.26 Å². The first-order chi connectivity index (χ1) is 4.56. The van der Waals surface area contributed by atoms with Crippen LogP contribution in [0.15, 0.2) is 0 Å². The van der Waals surface area contributed by atoms with Gasteiger partial charge in [0.15, 0.2) is 0 Å². The summed E-state index contributed by atoms with van der Waals surface area (Å²) >= 11 is 0. The van der Waals surface area contributed by atoms with Gasteiger partial charge in [-0.1, -0.05) is 0 Å². The molecule has 0 N–H and O–H groups in total. The smallest absolute Gasteiger partial charge is 0.133 e. The van der Waals surface area contributed by atoms with Gasteiger partial charge < -0.3 is 4.74 Å². The van der Waals surface area contributed by atoms with E-state index >= 15 is 0 Å². The molecule has 0 aromatic heterocycles. The van der Waals surface area contributed by atoms with Gasteiger partial charge in [0.25, 0.3) is 0 Å². The van der Waals surface area contributed by atoms with Gasteiger partial charge in [0.05, 0.1) is 12.7 Å². The van der Waals surface area contributed by atoms with E-state index in [0.29, 0.717) is 13.0 Å². The molecule has 0 bridgehead atoms. The lowest BCUT2D eigenvalue weighted by molar-refractivity contribution is 0.104. The number of hydrogen-bond acceptors (Lipinski definition) is 2. The Kier molecular flexibility index (Phi) is 3.97. The van der Waals surface area contributed by atoms with Gasteiger partial charge in [-0.05, 0) is 13.8 Å². The molecule has 0 radical (unpaired) electrons. The average Bonchev–Trinajstić information content (AvgIpc) is 1.78. The van der Waals surface area contributed by atoms with Crippen molar-refractivity contribution in [3.63, 3.8) is 0 Å². The number of nitriles is 1. The summed E-state index contributed by atoms with van der Waals surface area (Å²) in [6, 6.07) is 1.81. The van der Waals surface area contributed by atoms with E-state index in [0.717, 1.165) is 0 Å². The van der Waals surface area contributed by atoms with Gasteiger partial charge in [0.2, 0.25) is 0 Å². The minimum Gasteiger partial charge on any atom is -0.366 e. The highest BCUT2D eigenvalue weighted by molar-refractivity contribution is 4.68. The number of alkyl halides is 1. The van der Waals surface area contributed by atoms with E-state index in [4.69, 9.17) is 10.00 Å². The van der Waals surface area contributed by atoms with Crippen molar-refractivity contribution in [2.24, 2.45) is 0 Å². The Balaban J connectivity index is 3.14. The molecule has 0 atom stereocenters. The second-order valence-corrected chi connectivity index (χ2v) is 2.68. The van der Waals surface area contributed by atoms with E-state index in [-0.39, 0.29) is 6.61 Å². The van der Waals surface area contributed by atoms with E-state index in [9.17, 15) is 4.39 Å². The molecule has 10 heavy (non-hydrogen) atoms. The Morgan fingerprint density at radius 3 is 2.60 bits per heavy atom. The van der Waals surface area contributed by atoms with Gasteiger partial charge >= 0.3 is 0 Å². The monoisotopic (exact) mass is 145 g/mol. The minimum atomic E-state index is -1.19. The van der Waals surface area contributed by atoms with Gasteiger partial charge in [-0.15, -0.1) is 0 Å². The predicted molar refractivity (Wildman–Crippen MR) is 36.2 cm³/mol. The van der Waals surface area contributed by atoms with E-state index in [1.807, 2.05) is 6.07 Å². The highest BCUT2D eigenvalue weighted by Gasteiger charge is 2.14. The molecular formula is C7H12FNO. The molecule has 0 spiro atoms. The lowest BCUT2D eigenvalue weighted by Gasteiger charge is -2.12. The van der Waals surface area contributed by atoms with Crippen LogP contribution in [0.25, 0.3) is 0 Å². The summed E-state index contributed by atoms with van der Waals surface area (Å²) in [6.45, 7) is 3.35. The number of rotatable bonds is 4. The van der Waals surface area contributed by atoms with Crippen molar-refractivity contribution < 1.29 is 9.13 Å². The van der Waals surface area contributed by atoms with Crippen LogP contribution in [-0.4, -0.2) is 18.9 Å². The van der Waals surface area contributed by atoms with Crippen molar-refractivity contribution in [3.05, 3.63) is 0 Å². The number of nitrogens with zero attached hydrogens (tertiary/aromatic N) is 1. The largest absolute Gasteiger partial charge is 0.366 e. The Morgan fingerprint density at radius 1 is 1.60 bits per heavy atom. The fraction of sp³-hybridized carbons (Fsp3) is 0.857. The van der Waals surface area contributed by atoms with Crippen molar-refractivity contribution >= 4 is 0 Å². The van der Waals surface area contributed by atoms with Crippen LogP contribution in [0, 0.1) is 11.3 Å². The SMILES string of the molecule is CC(C)(F)CCOCC#N. The first kappa shape index (κ1) is 9.38. The van der Waals surface area contributed by atoms with Crippen LogP contribution in [0.2, 0.25) is 0 Å². The second kappa shape index (κ2) is 4.24. The van der Waals surface area contributed by atoms with E-state index in [1.165, 1.54) is 13.8 Å². The van der Waals surface area contributed by atoms with Crippen LogP contribution >= 0.6 is 0 Å². The zero-order chi connectivity index (χ0) is 8.04. The van der Waals surface area contributed by atoms with E-state index in [1.54, 1.807) is 0 Å². The summed E-state index contributed by atoms with van der Waals surface area (Å²) < 4.78 is 17.4. The maximum atomic E-state index is 12.7. The third-order valence-corrected chi connectivity index (χ3v) is 1.01. The molecule has 0 fully saturated rings. The van der Waals surface area contributed by atoms with E-state index in [2.05, 4.69) is 0 Å². The van der Waals surface area contributed by atoms with Crippen molar-refractivity contribution in [2.45, 2.75) is 25.9 Å². The van der Waals surface area contributed by atoms with Crippen LogP contribution in [-0.2, 0) is 4.74 Å². The van der Waals surface area contributed by atoms with Gasteiger partial charge in [0, 0.05) is 6.42 Å². The van der Waals surface area contributed by atoms with Gasteiger partial charge in [-0.2, -0.15) is 5.26 Å². The summed E-state index contributed by atoms with van der Waals surface area (Å²) in [6.07, 6.45) is 0.342. The molecule has 0 amide bonds. The standard InChI is InChI=1S/C7H12FNO/c1-7(2,8)3-5-10-6-4-9/h3,5-6H2,1-2H3. The molecule has 0 aromatic carbocycles. The van der Waals surface area contributed by atoms with Crippen LogP contribution < -0.4 is 0 Å². The fourth-order valence-corrected chi connectivity index (χ4v) is 0.433. The summed E-state index contributed by atoms with van der Waals surface area (Å²) in [5.74, 6) is 0. The maximum absolute atomic E-state index is 12.7. The van der Waals surface area contributed by atoms with Crippen LogP contribution in [0.3, 0.4) is 0 Å². The molecule has 0 aromatic rings. The molecule has 58 valence electrons. The van der Waals surface area contributed by atoms with Crippen molar-refractivity contribution in [3.8, 4) is 6.07 Å². The molecule has 0 saturated heterocycles. The maximum Gasteiger partial charge on any atom is 0.133 e. The molecule has 0 saturated carbocycles. The van der Waals surface area contributed by atoms with Crippen LogP contribution in [0.1, 0.15) is 20.3 Å². The lowest BCUT2D eigenvalue weighted by atomic mass is 10.1. The molecule has 0 rings (SSSR count). The topological polar surface area (TPSA) is 33.0 Å². The lowest BCUT2D eigenvalue weighted by Crippen LogP contribution is -2.15.